The van der Waals surface area contributed by atoms with Crippen molar-refractivity contribution in [1.82, 2.24) is 4.57 Å². The van der Waals surface area contributed by atoms with E-state index >= 15 is 0 Å². The minimum absolute atomic E-state index is 0.139. The van der Waals surface area contributed by atoms with Gasteiger partial charge in [0.2, 0.25) is 6.33 Å². The topological polar surface area (TPSA) is 8.81 Å². The van der Waals surface area contributed by atoms with Crippen LogP contribution in [0.3, 0.4) is 0 Å². The van der Waals surface area contributed by atoms with Gasteiger partial charge in [0.1, 0.15) is 23.6 Å². The van der Waals surface area contributed by atoms with E-state index < -0.39 is 7.25 Å². The summed E-state index contributed by atoms with van der Waals surface area (Å²) in [5, 5.41) is 0. The van der Waals surface area contributed by atoms with E-state index in [0.717, 1.165) is 0 Å². The van der Waals surface area contributed by atoms with Gasteiger partial charge in [0.05, 0.1) is 0 Å². The molecule has 110 valence electrons. The third-order valence-electron chi connectivity index (χ3n) is 2.47. The summed E-state index contributed by atoms with van der Waals surface area (Å²) in [6.45, 7) is 6.59. The van der Waals surface area contributed by atoms with Gasteiger partial charge >= 0.3 is 7.25 Å². The summed E-state index contributed by atoms with van der Waals surface area (Å²) in [7, 11) is -6.00. The van der Waals surface area contributed by atoms with Gasteiger partial charge in [-0.1, -0.05) is 18.2 Å². The van der Waals surface area contributed by atoms with Gasteiger partial charge in [-0.25, -0.2) is 9.13 Å². The monoisotopic (exact) mass is 288 g/mol. The Morgan fingerprint density at radius 2 is 1.50 bits per heavy atom. The molecule has 2 rings (SSSR count). The summed E-state index contributed by atoms with van der Waals surface area (Å²) in [5.74, 6) is 0. The molecule has 0 fully saturated rings. The van der Waals surface area contributed by atoms with Crippen molar-refractivity contribution >= 4 is 7.25 Å². The lowest BCUT2D eigenvalue weighted by Gasteiger charge is -2.13. The van der Waals surface area contributed by atoms with Crippen molar-refractivity contribution in [2.45, 2.75) is 26.3 Å². The van der Waals surface area contributed by atoms with E-state index in [9.17, 15) is 17.3 Å². The second-order valence-electron chi connectivity index (χ2n) is 5.23. The largest absolute Gasteiger partial charge is 0.673 e. The molecule has 0 radical (unpaired) electrons. The lowest BCUT2D eigenvalue weighted by molar-refractivity contribution is -0.753. The van der Waals surface area contributed by atoms with Gasteiger partial charge in [0.15, 0.2) is 0 Å². The van der Waals surface area contributed by atoms with E-state index in [1.165, 1.54) is 5.69 Å². The molecule has 2 aromatic rings. The predicted molar refractivity (Wildman–Crippen MR) is 71.1 cm³/mol. The molecule has 20 heavy (non-hydrogen) atoms. The minimum Gasteiger partial charge on any atom is -0.418 e. The second kappa shape index (κ2) is 6.11. The Balaban J connectivity index is 0.000000347. The van der Waals surface area contributed by atoms with Crippen molar-refractivity contribution < 1.29 is 21.8 Å². The Hall–Kier alpha value is -1.79. The highest BCUT2D eigenvalue weighted by Gasteiger charge is 2.20. The molecule has 7 heteroatoms. The summed E-state index contributed by atoms with van der Waals surface area (Å²) in [6.07, 6.45) is 6.31. The molecule has 0 atom stereocenters. The molecule has 0 N–H and O–H groups in total. The van der Waals surface area contributed by atoms with Crippen LogP contribution in [-0.4, -0.2) is 11.8 Å². The second-order valence-corrected chi connectivity index (χ2v) is 5.23. The van der Waals surface area contributed by atoms with Crippen LogP contribution in [0.5, 0.6) is 0 Å². The molecule has 0 saturated carbocycles. The lowest BCUT2D eigenvalue weighted by atomic mass is 10.1. The third-order valence-corrected chi connectivity index (χ3v) is 2.47. The van der Waals surface area contributed by atoms with Crippen LogP contribution in [0.2, 0.25) is 0 Å². The smallest absolute Gasteiger partial charge is 0.418 e. The molecule has 1 aromatic carbocycles. The van der Waals surface area contributed by atoms with E-state index in [-0.39, 0.29) is 5.54 Å². The Morgan fingerprint density at radius 1 is 1.00 bits per heavy atom. The molecule has 0 aliphatic rings. The van der Waals surface area contributed by atoms with Crippen molar-refractivity contribution in [3.63, 3.8) is 0 Å². The van der Waals surface area contributed by atoms with Crippen LogP contribution < -0.4 is 4.57 Å². The van der Waals surface area contributed by atoms with Crippen molar-refractivity contribution in [3.8, 4) is 5.69 Å². The maximum atomic E-state index is 9.75. The predicted octanol–water partition coefficient (Wildman–Crippen LogP) is 3.82. The fourth-order valence-corrected chi connectivity index (χ4v) is 1.50. The number of benzene rings is 1. The maximum absolute atomic E-state index is 9.75. The maximum Gasteiger partial charge on any atom is 0.673 e. The molecule has 0 bridgehead atoms. The van der Waals surface area contributed by atoms with Crippen molar-refractivity contribution in [2.24, 2.45) is 0 Å². The molecule has 1 heterocycles. The van der Waals surface area contributed by atoms with Gasteiger partial charge in [-0.15, -0.1) is 0 Å². The lowest BCUT2D eigenvalue weighted by Crippen LogP contribution is -2.48. The minimum atomic E-state index is -6.00. The number of aromatic nitrogens is 2. The standard InChI is InChI=1S/C13H17N2.BF4/c1-13(2,3)15-10-9-14(11-15)12-7-5-4-6-8-12;2-1(3,4)5/h4-11H,1-3H3;/q+1;-1. The summed E-state index contributed by atoms with van der Waals surface area (Å²) in [4.78, 5) is 0. The fourth-order valence-electron chi connectivity index (χ4n) is 1.50. The van der Waals surface area contributed by atoms with Crippen molar-refractivity contribution in [2.75, 3.05) is 0 Å². The van der Waals surface area contributed by atoms with E-state index in [1.807, 2.05) is 6.07 Å². The zero-order valence-corrected chi connectivity index (χ0v) is 11.6. The zero-order valence-electron chi connectivity index (χ0n) is 11.6. The first-order chi connectivity index (χ1) is 9.07. The average Bonchev–Trinajstić information content (AvgIpc) is 2.76. The van der Waals surface area contributed by atoms with Crippen LogP contribution in [0, 0.1) is 0 Å². The molecule has 0 amide bonds. The zero-order chi connectivity index (χ0) is 15.4. The Kier molecular flexibility index (Phi) is 4.97. The van der Waals surface area contributed by atoms with E-state index in [0.29, 0.717) is 0 Å². The molecule has 0 aliphatic carbocycles. The Labute approximate surface area is 115 Å². The van der Waals surface area contributed by atoms with Gasteiger partial charge in [-0.2, -0.15) is 0 Å². The van der Waals surface area contributed by atoms with Gasteiger partial charge in [-0.05, 0) is 32.9 Å². The molecule has 1 aromatic heterocycles. The van der Waals surface area contributed by atoms with Crippen molar-refractivity contribution in [3.05, 3.63) is 49.1 Å². The first-order valence-corrected chi connectivity index (χ1v) is 6.10. The van der Waals surface area contributed by atoms with Crippen LogP contribution in [0.25, 0.3) is 5.69 Å². The highest BCUT2D eigenvalue weighted by atomic mass is 19.5. The van der Waals surface area contributed by atoms with Crippen LogP contribution in [-0.2, 0) is 5.54 Å². The number of para-hydroxylation sites is 1. The first kappa shape index (κ1) is 16.3. The summed E-state index contributed by atoms with van der Waals surface area (Å²) >= 11 is 0. The summed E-state index contributed by atoms with van der Waals surface area (Å²) < 4.78 is 43.3. The number of nitrogens with zero attached hydrogens (tertiary/aromatic N) is 2. The average molecular weight is 288 g/mol. The van der Waals surface area contributed by atoms with Gasteiger partial charge in [0.25, 0.3) is 0 Å². The van der Waals surface area contributed by atoms with E-state index in [1.54, 1.807) is 0 Å². The fraction of sp³-hybridized carbons (Fsp3) is 0.308. The van der Waals surface area contributed by atoms with Crippen LogP contribution in [0.15, 0.2) is 49.1 Å². The number of halogens is 4. The number of hydrogen-bond donors (Lipinski definition) is 0. The number of hydrogen-bond acceptors (Lipinski definition) is 0. The molecule has 0 aliphatic heterocycles. The van der Waals surface area contributed by atoms with Crippen molar-refractivity contribution in [1.29, 1.82) is 0 Å². The third kappa shape index (κ3) is 5.90. The Bertz CT molecular complexity index is 523. The van der Waals surface area contributed by atoms with Gasteiger partial charge in [-0.3, -0.25) is 0 Å². The van der Waals surface area contributed by atoms with Gasteiger partial charge < -0.3 is 17.3 Å². The van der Waals surface area contributed by atoms with E-state index in [4.69, 9.17) is 0 Å². The molecule has 0 unspecified atom stereocenters. The molecular weight excluding hydrogens is 271 g/mol. The number of rotatable bonds is 1. The van der Waals surface area contributed by atoms with Gasteiger partial charge in [0, 0.05) is 0 Å². The molecular formula is C13H17BF4N2. The normalized spacial score (nSPS) is 11.8. The van der Waals surface area contributed by atoms with Crippen LogP contribution in [0.1, 0.15) is 20.8 Å². The highest BCUT2D eigenvalue weighted by molar-refractivity contribution is 6.50. The summed E-state index contributed by atoms with van der Waals surface area (Å²) in [6, 6.07) is 10.3. The van der Waals surface area contributed by atoms with E-state index in [2.05, 4.69) is 72.9 Å². The molecule has 0 spiro atoms. The molecule has 0 saturated heterocycles. The molecule has 2 nitrogen and oxygen atoms in total. The quantitative estimate of drug-likeness (QED) is 0.428. The Morgan fingerprint density at radius 3 is 1.90 bits per heavy atom. The number of imidazole rings is 1. The first-order valence-electron chi connectivity index (χ1n) is 6.10. The summed E-state index contributed by atoms with van der Waals surface area (Å²) in [5.41, 5.74) is 1.33. The SMILES string of the molecule is CC(C)(C)[n+]1ccn(-c2ccccc2)c1.F[B-](F)(F)F. The van der Waals surface area contributed by atoms with Crippen LogP contribution in [0.4, 0.5) is 17.3 Å². The highest BCUT2D eigenvalue weighted by Crippen LogP contribution is 2.08. The van der Waals surface area contributed by atoms with Crippen LogP contribution >= 0.6 is 0 Å².